The monoisotopic (exact) mass is 172 g/mol. The number of carbonyl (C=O) groups excluding carboxylic acids is 1. The van der Waals surface area contributed by atoms with Crippen LogP contribution in [0.1, 0.15) is 12.8 Å². The second-order valence-corrected chi connectivity index (χ2v) is 3.72. The third-order valence-corrected chi connectivity index (χ3v) is 3.00. The molecule has 4 heteroatoms. The molecule has 0 N–H and O–H groups in total. The third-order valence-electron chi connectivity index (χ3n) is 3.00. The molecule has 0 radical (unpaired) electrons. The van der Waals surface area contributed by atoms with Gasteiger partial charge in [-0.3, -0.25) is 4.79 Å². The summed E-state index contributed by atoms with van der Waals surface area (Å²) >= 11 is 0. The van der Waals surface area contributed by atoms with E-state index in [2.05, 4.69) is 4.90 Å². The number of hydrogen-bond donors (Lipinski definition) is 0. The van der Waals surface area contributed by atoms with Gasteiger partial charge in [0.2, 0.25) is 0 Å². The summed E-state index contributed by atoms with van der Waals surface area (Å²) in [6.45, 7) is 3.15. The van der Waals surface area contributed by atoms with E-state index in [0.29, 0.717) is 5.92 Å². The van der Waals surface area contributed by atoms with E-state index >= 15 is 0 Å². The Morgan fingerprint density at radius 2 is 2.31 bits per heavy atom. The van der Waals surface area contributed by atoms with E-state index in [-0.39, 0.29) is 37.0 Å². The molecule has 2 heterocycles. The Kier molecular flexibility index (Phi) is 3.56. The van der Waals surface area contributed by atoms with Crippen LogP contribution in [0, 0.1) is 23.2 Å². The molecule has 13 heavy (non-hydrogen) atoms. The molecule has 2 fully saturated rings. The van der Waals surface area contributed by atoms with Gasteiger partial charge in [-0.25, -0.2) is 0 Å². The molecule has 2 aliphatic heterocycles. The SMILES string of the molecule is N#CCC(=O)C1CN2CCC1C2.[LiH]. The van der Waals surface area contributed by atoms with Gasteiger partial charge in [-0.2, -0.15) is 5.26 Å². The van der Waals surface area contributed by atoms with Gasteiger partial charge >= 0.3 is 18.9 Å². The fourth-order valence-electron chi connectivity index (χ4n) is 2.36. The van der Waals surface area contributed by atoms with Gasteiger partial charge in [0.25, 0.3) is 0 Å². The molecule has 0 spiro atoms. The fraction of sp³-hybridized carbons (Fsp3) is 0.778. The first-order valence-electron chi connectivity index (χ1n) is 4.43. The topological polar surface area (TPSA) is 44.1 Å². The number of nitrogens with zero attached hydrogens (tertiary/aromatic N) is 2. The van der Waals surface area contributed by atoms with Crippen LogP contribution < -0.4 is 0 Å². The van der Waals surface area contributed by atoms with Crippen LogP contribution in [0.15, 0.2) is 0 Å². The summed E-state index contributed by atoms with van der Waals surface area (Å²) in [5.74, 6) is 0.897. The molecular formula is C9H13LiN2O. The second kappa shape index (κ2) is 4.29. The van der Waals surface area contributed by atoms with Crippen molar-refractivity contribution in [1.29, 1.82) is 5.26 Å². The van der Waals surface area contributed by atoms with E-state index in [9.17, 15) is 4.79 Å². The average molecular weight is 172 g/mol. The number of hydrogen-bond acceptors (Lipinski definition) is 3. The molecule has 0 saturated carbocycles. The van der Waals surface area contributed by atoms with Gasteiger partial charge in [0, 0.05) is 19.0 Å². The average Bonchev–Trinajstić information content (AvgIpc) is 2.64. The van der Waals surface area contributed by atoms with Crippen LogP contribution in [-0.4, -0.2) is 49.2 Å². The number of nitriles is 1. The van der Waals surface area contributed by atoms with Crippen molar-refractivity contribution in [3.05, 3.63) is 0 Å². The van der Waals surface area contributed by atoms with E-state index in [1.165, 1.54) is 0 Å². The number of carbonyl (C=O) groups is 1. The molecule has 2 rings (SSSR count). The van der Waals surface area contributed by atoms with E-state index in [4.69, 9.17) is 5.26 Å². The summed E-state index contributed by atoms with van der Waals surface area (Å²) in [5.41, 5.74) is 0. The minimum atomic E-state index is 0. The van der Waals surface area contributed by atoms with Gasteiger partial charge in [-0.15, -0.1) is 0 Å². The predicted molar refractivity (Wildman–Crippen MR) is 50.4 cm³/mol. The van der Waals surface area contributed by atoms with Crippen molar-refractivity contribution in [3.63, 3.8) is 0 Å². The first-order chi connectivity index (χ1) is 5.81. The van der Waals surface area contributed by atoms with E-state index in [1.807, 2.05) is 6.07 Å². The van der Waals surface area contributed by atoms with Crippen molar-refractivity contribution < 1.29 is 4.79 Å². The van der Waals surface area contributed by atoms with E-state index in [0.717, 1.165) is 26.1 Å². The molecule has 2 bridgehead atoms. The Morgan fingerprint density at radius 1 is 1.54 bits per heavy atom. The molecule has 3 nitrogen and oxygen atoms in total. The minimum absolute atomic E-state index is 0. The predicted octanol–water partition coefficient (Wildman–Crippen LogP) is -0.228. The summed E-state index contributed by atoms with van der Waals surface area (Å²) < 4.78 is 0. The van der Waals surface area contributed by atoms with Crippen molar-refractivity contribution in [3.8, 4) is 6.07 Å². The number of ketones is 1. The van der Waals surface area contributed by atoms with Crippen LogP contribution >= 0.6 is 0 Å². The standard InChI is InChI=1S/C9H12N2O.Li.H/c10-3-1-9(12)8-6-11-4-2-7(8)5-11;;/h7-8H,1-2,4-6H2;;. The summed E-state index contributed by atoms with van der Waals surface area (Å²) in [7, 11) is 0. The van der Waals surface area contributed by atoms with E-state index in [1.54, 1.807) is 0 Å². The van der Waals surface area contributed by atoms with Crippen molar-refractivity contribution >= 4 is 24.6 Å². The fourth-order valence-corrected chi connectivity index (χ4v) is 2.36. The summed E-state index contributed by atoms with van der Waals surface area (Å²) in [5, 5.41) is 8.38. The molecule has 0 aromatic carbocycles. The van der Waals surface area contributed by atoms with Gasteiger partial charge in [-0.1, -0.05) is 0 Å². The summed E-state index contributed by atoms with van der Waals surface area (Å²) in [6, 6.07) is 1.94. The van der Waals surface area contributed by atoms with Gasteiger partial charge in [0.05, 0.1) is 12.5 Å². The molecule has 2 saturated heterocycles. The summed E-state index contributed by atoms with van der Waals surface area (Å²) in [4.78, 5) is 13.7. The molecule has 2 aliphatic rings. The van der Waals surface area contributed by atoms with Crippen LogP contribution in [0.5, 0.6) is 0 Å². The molecule has 3 unspecified atom stereocenters. The second-order valence-electron chi connectivity index (χ2n) is 3.72. The molecule has 0 aromatic heterocycles. The molecule has 66 valence electrons. The number of piperidine rings is 1. The van der Waals surface area contributed by atoms with Crippen LogP contribution in [-0.2, 0) is 4.79 Å². The Labute approximate surface area is 90.3 Å². The van der Waals surface area contributed by atoms with Crippen LogP contribution in [0.2, 0.25) is 0 Å². The summed E-state index contributed by atoms with van der Waals surface area (Å²) in [6.07, 6.45) is 1.26. The van der Waals surface area contributed by atoms with Gasteiger partial charge in [0.1, 0.15) is 0 Å². The Hall–Kier alpha value is -0.283. The van der Waals surface area contributed by atoms with Crippen LogP contribution in [0.3, 0.4) is 0 Å². The molecular weight excluding hydrogens is 159 g/mol. The van der Waals surface area contributed by atoms with Crippen molar-refractivity contribution in [1.82, 2.24) is 4.90 Å². The maximum absolute atomic E-state index is 11.4. The van der Waals surface area contributed by atoms with Crippen molar-refractivity contribution in [2.24, 2.45) is 11.8 Å². The number of Topliss-reactive ketones (excluding diaryl/α,β-unsaturated/α-hetero) is 1. The van der Waals surface area contributed by atoms with Gasteiger partial charge < -0.3 is 4.90 Å². The van der Waals surface area contributed by atoms with Gasteiger partial charge in [0.15, 0.2) is 5.78 Å². The first kappa shape index (κ1) is 10.8. The normalized spacial score (nSPS) is 35.2. The molecule has 0 aliphatic carbocycles. The quantitative estimate of drug-likeness (QED) is 0.540. The molecule has 0 amide bonds. The third kappa shape index (κ3) is 1.97. The molecule has 0 aromatic rings. The molecule has 3 atom stereocenters. The zero-order valence-corrected chi connectivity index (χ0v) is 6.99. The Morgan fingerprint density at radius 3 is 2.77 bits per heavy atom. The van der Waals surface area contributed by atoms with Crippen LogP contribution in [0.4, 0.5) is 0 Å². The Bertz CT molecular complexity index is 248. The van der Waals surface area contributed by atoms with Crippen molar-refractivity contribution in [2.75, 3.05) is 19.6 Å². The number of fused-ring (bicyclic) bond motifs is 2. The Balaban J connectivity index is 0.000000845. The zero-order valence-electron chi connectivity index (χ0n) is 6.99. The first-order valence-corrected chi connectivity index (χ1v) is 4.43. The van der Waals surface area contributed by atoms with E-state index < -0.39 is 0 Å². The zero-order chi connectivity index (χ0) is 8.55. The van der Waals surface area contributed by atoms with Crippen LogP contribution in [0.25, 0.3) is 0 Å². The number of rotatable bonds is 2. The maximum atomic E-state index is 11.4. The van der Waals surface area contributed by atoms with Crippen molar-refractivity contribution in [2.45, 2.75) is 12.8 Å². The van der Waals surface area contributed by atoms with Gasteiger partial charge in [-0.05, 0) is 18.9 Å².